The van der Waals surface area contributed by atoms with Gasteiger partial charge in [0.1, 0.15) is 0 Å². The minimum atomic E-state index is -0.485. The number of ether oxygens (including phenoxy) is 2. The second-order valence-electron chi connectivity index (χ2n) is 9.34. The monoisotopic (exact) mass is 416 g/mol. The first-order chi connectivity index (χ1) is 14.3. The van der Waals surface area contributed by atoms with E-state index >= 15 is 0 Å². The molecule has 0 amide bonds. The summed E-state index contributed by atoms with van der Waals surface area (Å²) in [5.41, 5.74) is 1.81. The van der Waals surface area contributed by atoms with E-state index < -0.39 is 11.9 Å². The van der Waals surface area contributed by atoms with Crippen molar-refractivity contribution >= 4 is 11.9 Å². The van der Waals surface area contributed by atoms with Gasteiger partial charge in [-0.3, -0.25) is 9.59 Å². The van der Waals surface area contributed by atoms with Crippen LogP contribution in [0.1, 0.15) is 82.8 Å². The number of aliphatic hydroxyl groups is 1. The van der Waals surface area contributed by atoms with Crippen molar-refractivity contribution in [3.05, 3.63) is 17.2 Å². The number of carbonyl (C=O) groups is 2. The molecule has 2 saturated carbocycles. The third-order valence-electron chi connectivity index (χ3n) is 7.85. The molecule has 1 aromatic rings. The lowest BCUT2D eigenvalue weighted by Crippen LogP contribution is -2.44. The van der Waals surface area contributed by atoms with E-state index in [4.69, 9.17) is 9.47 Å². The molecular formula is C24H32O6. The van der Waals surface area contributed by atoms with E-state index in [-0.39, 0.29) is 47.5 Å². The van der Waals surface area contributed by atoms with Gasteiger partial charge in [-0.1, -0.05) is 20.8 Å². The fourth-order valence-corrected chi connectivity index (χ4v) is 6.22. The fraction of sp³-hybridized carbons (Fsp3) is 0.667. The van der Waals surface area contributed by atoms with Crippen LogP contribution >= 0.6 is 0 Å². The molecule has 6 nitrogen and oxygen atoms in total. The zero-order valence-corrected chi connectivity index (χ0v) is 18.1. The molecule has 0 heterocycles. The Morgan fingerprint density at radius 3 is 2.40 bits per heavy atom. The van der Waals surface area contributed by atoms with Gasteiger partial charge in [-0.25, -0.2) is 0 Å². The molecule has 4 rings (SSSR count). The summed E-state index contributed by atoms with van der Waals surface area (Å²) in [7, 11) is 0. The number of aliphatic hydroxyl groups excluding tert-OH is 1. The largest absolute Gasteiger partial charge is 0.504 e. The van der Waals surface area contributed by atoms with Crippen molar-refractivity contribution in [1.82, 2.24) is 0 Å². The minimum Gasteiger partial charge on any atom is -0.504 e. The zero-order valence-electron chi connectivity index (χ0n) is 18.1. The average Bonchev–Trinajstić information content (AvgIpc) is 3.04. The van der Waals surface area contributed by atoms with Crippen molar-refractivity contribution in [3.63, 3.8) is 0 Å². The summed E-state index contributed by atoms with van der Waals surface area (Å²) in [6.45, 7) is 5.60. The normalized spacial score (nSPS) is 32.0. The number of hydrogen-bond donors (Lipinski definition) is 2. The van der Waals surface area contributed by atoms with E-state index in [9.17, 15) is 19.8 Å². The van der Waals surface area contributed by atoms with Crippen molar-refractivity contribution in [1.29, 1.82) is 0 Å². The lowest BCUT2D eigenvalue weighted by atomic mass is 9.55. The first kappa shape index (κ1) is 21.2. The number of benzene rings is 1. The third kappa shape index (κ3) is 3.29. The molecule has 0 radical (unpaired) electrons. The standard InChI is InChI=1S/C24H32O6/c1-4-19(27)29-22-17(25)12-13-6-7-14-15(21(13)23(22)30-20(28)5-2)10-11-24(3)16(14)8-9-18(24)26/h12,14-16,18,25-26H,4-11H2,1-3H3/t14-,15-,16-,18-,24-/m0/s1. The van der Waals surface area contributed by atoms with E-state index in [2.05, 4.69) is 6.92 Å². The van der Waals surface area contributed by atoms with Crippen LogP contribution in [0.4, 0.5) is 0 Å². The van der Waals surface area contributed by atoms with E-state index in [1.54, 1.807) is 19.9 Å². The maximum atomic E-state index is 12.2. The van der Waals surface area contributed by atoms with Gasteiger partial charge < -0.3 is 19.7 Å². The molecule has 2 N–H and O–H groups in total. The summed E-state index contributed by atoms with van der Waals surface area (Å²) in [6.07, 6.45) is 5.47. The fourth-order valence-electron chi connectivity index (χ4n) is 6.22. The Hall–Kier alpha value is -2.08. The molecule has 0 bridgehead atoms. The van der Waals surface area contributed by atoms with Crippen LogP contribution in [-0.2, 0) is 16.0 Å². The maximum Gasteiger partial charge on any atom is 0.311 e. The Morgan fingerprint density at radius 2 is 1.73 bits per heavy atom. The zero-order chi connectivity index (χ0) is 21.6. The van der Waals surface area contributed by atoms with E-state index in [1.807, 2.05) is 0 Å². The van der Waals surface area contributed by atoms with Gasteiger partial charge in [-0.05, 0) is 73.3 Å². The first-order valence-corrected chi connectivity index (χ1v) is 11.3. The summed E-state index contributed by atoms with van der Waals surface area (Å²) >= 11 is 0. The highest BCUT2D eigenvalue weighted by Gasteiger charge is 2.55. The molecule has 6 heteroatoms. The number of aromatic hydroxyl groups is 1. The van der Waals surface area contributed by atoms with Gasteiger partial charge in [-0.2, -0.15) is 0 Å². The Balaban J connectivity index is 1.81. The van der Waals surface area contributed by atoms with Gasteiger partial charge in [-0.15, -0.1) is 0 Å². The number of fused-ring (bicyclic) bond motifs is 5. The number of esters is 2. The maximum absolute atomic E-state index is 12.2. The van der Waals surface area contributed by atoms with E-state index in [1.165, 1.54) is 0 Å². The second-order valence-corrected chi connectivity index (χ2v) is 9.34. The average molecular weight is 417 g/mol. The molecule has 30 heavy (non-hydrogen) atoms. The molecular weight excluding hydrogens is 384 g/mol. The summed E-state index contributed by atoms with van der Waals surface area (Å²) in [5, 5.41) is 21.2. The Bertz CT molecular complexity index is 862. The molecule has 3 aliphatic rings. The number of carbonyl (C=O) groups excluding carboxylic acids is 2. The van der Waals surface area contributed by atoms with Gasteiger partial charge in [0, 0.05) is 18.4 Å². The lowest BCUT2D eigenvalue weighted by Gasteiger charge is -2.50. The molecule has 0 aromatic heterocycles. The summed E-state index contributed by atoms with van der Waals surface area (Å²) < 4.78 is 11.1. The predicted molar refractivity (Wildman–Crippen MR) is 111 cm³/mol. The highest BCUT2D eigenvalue weighted by molar-refractivity contribution is 5.79. The SMILES string of the molecule is CCC(=O)Oc1c(O)cc2c(c1OC(=O)CC)[C@H]1CC[C@]3(C)[C@@H](O)CC[C@H]3[C@H]1CC2. The Labute approximate surface area is 177 Å². The molecule has 1 aromatic carbocycles. The highest BCUT2D eigenvalue weighted by atomic mass is 16.6. The molecule has 3 aliphatic carbocycles. The Kier molecular flexibility index (Phi) is 5.56. The third-order valence-corrected chi connectivity index (χ3v) is 7.85. The van der Waals surface area contributed by atoms with Gasteiger partial charge >= 0.3 is 11.9 Å². The van der Waals surface area contributed by atoms with E-state index in [0.29, 0.717) is 11.8 Å². The van der Waals surface area contributed by atoms with Crippen molar-refractivity contribution in [2.24, 2.45) is 17.3 Å². The topological polar surface area (TPSA) is 93.1 Å². The molecule has 164 valence electrons. The smallest absolute Gasteiger partial charge is 0.311 e. The van der Waals surface area contributed by atoms with Crippen LogP contribution in [0, 0.1) is 17.3 Å². The van der Waals surface area contributed by atoms with Crippen LogP contribution < -0.4 is 9.47 Å². The molecule has 5 atom stereocenters. The quantitative estimate of drug-likeness (QED) is 0.563. The predicted octanol–water partition coefficient (Wildman–Crippen LogP) is 4.24. The summed E-state index contributed by atoms with van der Waals surface area (Å²) in [5.74, 6) is 0.0770. The van der Waals surface area contributed by atoms with Crippen LogP contribution in [-0.4, -0.2) is 28.3 Å². The van der Waals surface area contributed by atoms with Crippen molar-refractivity contribution in [2.75, 3.05) is 0 Å². The van der Waals surface area contributed by atoms with Crippen molar-refractivity contribution in [2.45, 2.75) is 84.2 Å². The van der Waals surface area contributed by atoms with Gasteiger partial charge in [0.05, 0.1) is 6.10 Å². The molecule has 0 saturated heterocycles. The number of rotatable bonds is 4. The van der Waals surface area contributed by atoms with Crippen LogP contribution in [0.15, 0.2) is 6.07 Å². The van der Waals surface area contributed by atoms with Crippen molar-refractivity contribution < 1.29 is 29.3 Å². The number of aryl methyl sites for hydroxylation is 1. The van der Waals surface area contributed by atoms with Crippen LogP contribution in [0.5, 0.6) is 17.2 Å². The van der Waals surface area contributed by atoms with Crippen LogP contribution in [0.25, 0.3) is 0 Å². The van der Waals surface area contributed by atoms with Crippen LogP contribution in [0.2, 0.25) is 0 Å². The molecule has 0 unspecified atom stereocenters. The number of phenolic OH excluding ortho intramolecular Hbond substituents is 1. The second kappa shape index (κ2) is 7.88. The molecule has 2 fully saturated rings. The van der Waals surface area contributed by atoms with Crippen LogP contribution in [0.3, 0.4) is 0 Å². The van der Waals surface area contributed by atoms with Gasteiger partial charge in [0.15, 0.2) is 11.5 Å². The molecule has 0 aliphatic heterocycles. The van der Waals surface area contributed by atoms with Gasteiger partial charge in [0.25, 0.3) is 0 Å². The summed E-state index contributed by atoms with van der Waals surface area (Å²) in [4.78, 5) is 24.3. The highest BCUT2D eigenvalue weighted by Crippen LogP contribution is 2.63. The number of hydrogen-bond acceptors (Lipinski definition) is 6. The number of phenols is 1. The Morgan fingerprint density at radius 1 is 1.07 bits per heavy atom. The summed E-state index contributed by atoms with van der Waals surface area (Å²) in [6, 6.07) is 1.67. The van der Waals surface area contributed by atoms with Crippen molar-refractivity contribution in [3.8, 4) is 17.2 Å². The molecule has 0 spiro atoms. The first-order valence-electron chi connectivity index (χ1n) is 11.3. The van der Waals surface area contributed by atoms with E-state index in [0.717, 1.165) is 49.7 Å². The van der Waals surface area contributed by atoms with Gasteiger partial charge in [0.2, 0.25) is 5.75 Å². The lowest BCUT2D eigenvalue weighted by molar-refractivity contribution is -0.137. The minimum absolute atomic E-state index is 0.0390.